The minimum Gasteiger partial charge on any atom is -0.311 e. The zero-order chi connectivity index (χ0) is 11.0. The highest BCUT2D eigenvalue weighted by molar-refractivity contribution is 5.21. The van der Waals surface area contributed by atoms with Crippen LogP contribution in [0.5, 0.6) is 0 Å². The van der Waals surface area contributed by atoms with Crippen LogP contribution in [0.1, 0.15) is 43.9 Å². The minimum absolute atomic E-state index is 0.213. The van der Waals surface area contributed by atoms with Crippen molar-refractivity contribution in [1.29, 1.82) is 0 Å². The van der Waals surface area contributed by atoms with E-state index in [1.807, 2.05) is 0 Å². The van der Waals surface area contributed by atoms with Gasteiger partial charge in [-0.3, -0.25) is 9.78 Å². The lowest BCUT2D eigenvalue weighted by atomic mass is 9.96. The van der Waals surface area contributed by atoms with E-state index in [0.29, 0.717) is 5.92 Å². The van der Waals surface area contributed by atoms with Crippen molar-refractivity contribution in [2.24, 2.45) is 5.92 Å². The highest BCUT2D eigenvalue weighted by atomic mass is 16.2. The molecule has 0 radical (unpaired) electrons. The number of hydrogen-bond acceptors (Lipinski definition) is 2. The molecule has 0 spiro atoms. The Bertz CT molecular complexity index is 472. The van der Waals surface area contributed by atoms with E-state index in [1.54, 1.807) is 0 Å². The van der Waals surface area contributed by atoms with E-state index >= 15 is 0 Å². The lowest BCUT2D eigenvalue weighted by molar-refractivity contribution is 0.469. The number of fused-ring (bicyclic) bond motifs is 1. The molecule has 2 unspecified atom stereocenters. The standard InChI is InChI=1S/C11H16N2O2/c1-6-3-4-8-9(7(2)5-6)12-11(15)13-10(8)14/h6-7H,3-5H2,1-2H3,(H2,12,13,14,15). The van der Waals surface area contributed by atoms with Gasteiger partial charge in [0.1, 0.15) is 0 Å². The fourth-order valence-corrected chi connectivity index (χ4v) is 2.43. The smallest absolute Gasteiger partial charge is 0.311 e. The molecule has 1 aliphatic carbocycles. The van der Waals surface area contributed by atoms with Gasteiger partial charge in [-0.25, -0.2) is 4.79 Å². The largest absolute Gasteiger partial charge is 0.325 e. The van der Waals surface area contributed by atoms with Crippen molar-refractivity contribution in [3.8, 4) is 0 Å². The topological polar surface area (TPSA) is 65.7 Å². The second kappa shape index (κ2) is 3.68. The molecule has 0 saturated heterocycles. The Kier molecular flexibility index (Phi) is 2.50. The molecular weight excluding hydrogens is 192 g/mol. The van der Waals surface area contributed by atoms with Gasteiger partial charge in [-0.1, -0.05) is 13.8 Å². The first-order valence-electron chi connectivity index (χ1n) is 5.43. The maximum atomic E-state index is 11.6. The van der Waals surface area contributed by atoms with Crippen LogP contribution in [0, 0.1) is 5.92 Å². The molecule has 4 heteroatoms. The third-order valence-electron chi connectivity index (χ3n) is 3.21. The Balaban J connectivity index is 2.58. The van der Waals surface area contributed by atoms with Crippen molar-refractivity contribution in [3.63, 3.8) is 0 Å². The molecule has 1 heterocycles. The van der Waals surface area contributed by atoms with E-state index in [0.717, 1.165) is 30.5 Å². The van der Waals surface area contributed by atoms with Crippen molar-refractivity contribution in [1.82, 2.24) is 9.97 Å². The van der Waals surface area contributed by atoms with Gasteiger partial charge >= 0.3 is 5.69 Å². The monoisotopic (exact) mass is 208 g/mol. The number of hydrogen-bond donors (Lipinski definition) is 2. The van der Waals surface area contributed by atoms with E-state index in [1.165, 1.54) is 0 Å². The van der Waals surface area contributed by atoms with Gasteiger partial charge in [0, 0.05) is 11.3 Å². The molecule has 2 rings (SSSR count). The molecule has 1 aliphatic rings. The maximum absolute atomic E-state index is 11.6. The summed E-state index contributed by atoms with van der Waals surface area (Å²) in [6.07, 6.45) is 2.83. The van der Waals surface area contributed by atoms with Gasteiger partial charge in [0.05, 0.1) is 0 Å². The van der Waals surface area contributed by atoms with Crippen LogP contribution < -0.4 is 11.2 Å². The SMILES string of the molecule is CC1CCc2c([nH]c(=O)[nH]c2=O)C(C)C1. The average molecular weight is 208 g/mol. The number of nitrogens with one attached hydrogen (secondary N) is 2. The Morgan fingerprint density at radius 2 is 1.93 bits per heavy atom. The summed E-state index contributed by atoms with van der Waals surface area (Å²) in [6, 6.07) is 0. The van der Waals surface area contributed by atoms with Crippen LogP contribution in [-0.2, 0) is 6.42 Å². The van der Waals surface area contributed by atoms with Gasteiger partial charge in [-0.15, -0.1) is 0 Å². The fraction of sp³-hybridized carbons (Fsp3) is 0.636. The lowest BCUT2D eigenvalue weighted by Crippen LogP contribution is -2.28. The second-order valence-corrected chi connectivity index (χ2v) is 4.58. The zero-order valence-electron chi connectivity index (χ0n) is 9.09. The predicted octanol–water partition coefficient (Wildman–Crippen LogP) is 1.14. The molecule has 2 N–H and O–H groups in total. The zero-order valence-corrected chi connectivity index (χ0v) is 9.09. The number of H-pyrrole nitrogens is 2. The lowest BCUT2D eigenvalue weighted by Gasteiger charge is -2.12. The van der Waals surface area contributed by atoms with Gasteiger partial charge in [-0.05, 0) is 31.1 Å². The average Bonchev–Trinajstić information content (AvgIpc) is 2.27. The first-order valence-corrected chi connectivity index (χ1v) is 5.43. The summed E-state index contributed by atoms with van der Waals surface area (Å²) in [5.41, 5.74) is 1.01. The molecule has 0 fully saturated rings. The van der Waals surface area contributed by atoms with E-state index in [2.05, 4.69) is 23.8 Å². The molecule has 15 heavy (non-hydrogen) atoms. The maximum Gasteiger partial charge on any atom is 0.325 e. The predicted molar refractivity (Wildman–Crippen MR) is 58.2 cm³/mol. The van der Waals surface area contributed by atoms with Crippen molar-refractivity contribution < 1.29 is 0 Å². The molecule has 0 bridgehead atoms. The summed E-state index contributed by atoms with van der Waals surface area (Å²) in [5.74, 6) is 0.878. The fourth-order valence-electron chi connectivity index (χ4n) is 2.43. The summed E-state index contributed by atoms with van der Waals surface area (Å²) in [7, 11) is 0. The molecule has 1 aromatic heterocycles. The summed E-state index contributed by atoms with van der Waals surface area (Å²) >= 11 is 0. The van der Waals surface area contributed by atoms with Gasteiger partial charge in [0.15, 0.2) is 0 Å². The van der Waals surface area contributed by atoms with Crippen LogP contribution in [0.15, 0.2) is 9.59 Å². The van der Waals surface area contributed by atoms with E-state index in [9.17, 15) is 9.59 Å². The summed E-state index contributed by atoms with van der Waals surface area (Å²) in [5, 5.41) is 0. The highest BCUT2D eigenvalue weighted by Gasteiger charge is 2.22. The van der Waals surface area contributed by atoms with Crippen LogP contribution in [0.4, 0.5) is 0 Å². The van der Waals surface area contributed by atoms with Gasteiger partial charge in [-0.2, -0.15) is 0 Å². The number of aromatic nitrogens is 2. The van der Waals surface area contributed by atoms with E-state index < -0.39 is 0 Å². The Hall–Kier alpha value is -1.32. The third kappa shape index (κ3) is 1.89. The molecule has 82 valence electrons. The van der Waals surface area contributed by atoms with Crippen LogP contribution in [-0.4, -0.2) is 9.97 Å². The van der Waals surface area contributed by atoms with Crippen LogP contribution in [0.25, 0.3) is 0 Å². The Morgan fingerprint density at radius 3 is 2.67 bits per heavy atom. The molecule has 4 nitrogen and oxygen atoms in total. The second-order valence-electron chi connectivity index (χ2n) is 4.58. The van der Waals surface area contributed by atoms with Gasteiger partial charge < -0.3 is 4.98 Å². The minimum atomic E-state index is -0.389. The summed E-state index contributed by atoms with van der Waals surface area (Å²) in [4.78, 5) is 27.9. The molecule has 0 aromatic carbocycles. The first-order chi connectivity index (χ1) is 7.08. The van der Waals surface area contributed by atoms with E-state index in [4.69, 9.17) is 0 Å². The van der Waals surface area contributed by atoms with Crippen molar-refractivity contribution in [2.45, 2.75) is 39.0 Å². The number of rotatable bonds is 0. The quantitative estimate of drug-likeness (QED) is 0.628. The molecule has 0 amide bonds. The Labute approximate surface area is 87.7 Å². The van der Waals surface area contributed by atoms with E-state index in [-0.39, 0.29) is 17.2 Å². The van der Waals surface area contributed by atoms with Crippen LogP contribution >= 0.6 is 0 Å². The van der Waals surface area contributed by atoms with Crippen molar-refractivity contribution in [3.05, 3.63) is 32.1 Å². The molecule has 0 saturated carbocycles. The van der Waals surface area contributed by atoms with Crippen LogP contribution in [0.2, 0.25) is 0 Å². The molecular formula is C11H16N2O2. The first kappa shape index (κ1) is 10.2. The molecule has 2 atom stereocenters. The van der Waals surface area contributed by atoms with Crippen LogP contribution in [0.3, 0.4) is 0 Å². The van der Waals surface area contributed by atoms with Crippen molar-refractivity contribution >= 4 is 0 Å². The highest BCUT2D eigenvalue weighted by Crippen LogP contribution is 2.29. The molecule has 0 aliphatic heterocycles. The van der Waals surface area contributed by atoms with Gasteiger partial charge in [0.25, 0.3) is 5.56 Å². The van der Waals surface area contributed by atoms with Crippen molar-refractivity contribution in [2.75, 3.05) is 0 Å². The number of aromatic amines is 2. The van der Waals surface area contributed by atoms with Gasteiger partial charge in [0.2, 0.25) is 0 Å². The summed E-state index contributed by atoms with van der Waals surface area (Å²) < 4.78 is 0. The third-order valence-corrected chi connectivity index (χ3v) is 3.21. The summed E-state index contributed by atoms with van der Waals surface area (Å²) in [6.45, 7) is 4.25. The molecule has 1 aromatic rings. The Morgan fingerprint density at radius 1 is 1.20 bits per heavy atom. The normalized spacial score (nSPS) is 25.7.